The molecule has 5 heteroatoms. The van der Waals surface area contributed by atoms with Crippen molar-refractivity contribution in [1.82, 2.24) is 9.97 Å². The first-order valence-electron chi connectivity index (χ1n) is 10.4. The summed E-state index contributed by atoms with van der Waals surface area (Å²) in [5, 5.41) is 3.48. The fourth-order valence-corrected chi connectivity index (χ4v) is 3.59. The molecule has 2 heterocycles. The van der Waals surface area contributed by atoms with Crippen molar-refractivity contribution in [1.29, 1.82) is 0 Å². The predicted octanol–water partition coefficient (Wildman–Crippen LogP) is 4.76. The zero-order valence-corrected chi connectivity index (χ0v) is 16.9. The van der Waals surface area contributed by atoms with Gasteiger partial charge in [0, 0.05) is 37.9 Å². The Balaban J connectivity index is 1.62. The van der Waals surface area contributed by atoms with Crippen LogP contribution < -0.4 is 10.2 Å². The Hall–Kier alpha value is -2.92. The molecule has 4 rings (SSSR count). The van der Waals surface area contributed by atoms with Gasteiger partial charge in [0.1, 0.15) is 11.6 Å². The Morgan fingerprint density at radius 3 is 2.48 bits per heavy atom. The van der Waals surface area contributed by atoms with Gasteiger partial charge in [-0.15, -0.1) is 0 Å². The lowest BCUT2D eigenvalue weighted by molar-refractivity contribution is 0.120. The van der Waals surface area contributed by atoms with Gasteiger partial charge in [-0.25, -0.2) is 9.97 Å². The molecule has 0 radical (unpaired) electrons. The third-order valence-electron chi connectivity index (χ3n) is 5.20. The van der Waals surface area contributed by atoms with Gasteiger partial charge in [0.15, 0.2) is 5.82 Å². The molecule has 150 valence electrons. The van der Waals surface area contributed by atoms with Crippen LogP contribution in [0.5, 0.6) is 0 Å². The molecule has 0 saturated carbocycles. The maximum absolute atomic E-state index is 5.75. The normalized spacial score (nSPS) is 16.0. The highest BCUT2D eigenvalue weighted by Crippen LogP contribution is 2.24. The molecule has 29 heavy (non-hydrogen) atoms. The molecule has 0 amide bonds. The van der Waals surface area contributed by atoms with Gasteiger partial charge in [-0.05, 0) is 25.3 Å². The first-order chi connectivity index (χ1) is 14.3. The summed E-state index contributed by atoms with van der Waals surface area (Å²) in [6.07, 6.45) is 2.50. The van der Waals surface area contributed by atoms with Crippen LogP contribution in [-0.2, 0) is 11.3 Å². The van der Waals surface area contributed by atoms with Crippen LogP contribution in [0.3, 0.4) is 0 Å². The van der Waals surface area contributed by atoms with Gasteiger partial charge in [-0.1, -0.05) is 60.7 Å². The van der Waals surface area contributed by atoms with E-state index in [1.165, 1.54) is 5.56 Å². The smallest absolute Gasteiger partial charge is 0.163 e. The van der Waals surface area contributed by atoms with E-state index in [4.69, 9.17) is 14.7 Å². The number of benzene rings is 2. The second-order valence-corrected chi connectivity index (χ2v) is 7.32. The summed E-state index contributed by atoms with van der Waals surface area (Å²) in [6, 6.07) is 22.7. The Labute approximate surface area is 172 Å². The van der Waals surface area contributed by atoms with E-state index in [0.29, 0.717) is 0 Å². The summed E-state index contributed by atoms with van der Waals surface area (Å²) < 4.78 is 5.75. The van der Waals surface area contributed by atoms with Crippen LogP contribution in [0, 0.1) is 0 Å². The molecule has 2 aromatic carbocycles. The molecular formula is C24H28N4O. The summed E-state index contributed by atoms with van der Waals surface area (Å²) in [5.41, 5.74) is 2.29. The molecule has 1 aliphatic rings. The topological polar surface area (TPSA) is 50.3 Å². The lowest BCUT2D eigenvalue weighted by atomic mass is 10.2. The summed E-state index contributed by atoms with van der Waals surface area (Å²) in [4.78, 5) is 12.0. The van der Waals surface area contributed by atoms with Crippen molar-refractivity contribution < 1.29 is 4.74 Å². The minimum atomic E-state index is 0.264. The Bertz CT molecular complexity index is 895. The Kier molecular flexibility index (Phi) is 6.37. The second kappa shape index (κ2) is 9.52. The van der Waals surface area contributed by atoms with Gasteiger partial charge in [0.2, 0.25) is 0 Å². The monoisotopic (exact) mass is 388 g/mol. The van der Waals surface area contributed by atoms with Crippen LogP contribution in [0.4, 0.5) is 11.6 Å². The number of hydrogen-bond acceptors (Lipinski definition) is 5. The molecule has 1 unspecified atom stereocenters. The number of ether oxygens (including phenoxy) is 1. The van der Waals surface area contributed by atoms with E-state index >= 15 is 0 Å². The number of aromatic nitrogens is 2. The number of nitrogens with one attached hydrogen (secondary N) is 1. The SMILES string of the molecule is CCN(Cc1ccccc1)c1cc(NCC2CCCO2)nc(-c2ccccc2)n1. The van der Waals surface area contributed by atoms with Crippen LogP contribution in [0.2, 0.25) is 0 Å². The predicted molar refractivity (Wildman–Crippen MR) is 118 cm³/mol. The third kappa shape index (κ3) is 5.12. The zero-order chi connectivity index (χ0) is 19.9. The highest BCUT2D eigenvalue weighted by molar-refractivity contribution is 5.61. The van der Waals surface area contributed by atoms with Crippen molar-refractivity contribution >= 4 is 11.6 Å². The van der Waals surface area contributed by atoms with Gasteiger partial charge >= 0.3 is 0 Å². The van der Waals surface area contributed by atoms with E-state index in [2.05, 4.69) is 53.5 Å². The van der Waals surface area contributed by atoms with E-state index in [-0.39, 0.29) is 6.10 Å². The average Bonchev–Trinajstić information content (AvgIpc) is 3.31. The summed E-state index contributed by atoms with van der Waals surface area (Å²) in [5.74, 6) is 2.51. The highest BCUT2D eigenvalue weighted by Gasteiger charge is 2.17. The molecule has 3 aromatic rings. The molecule has 1 N–H and O–H groups in total. The molecule has 1 atom stereocenters. The first kappa shape index (κ1) is 19.4. The Morgan fingerprint density at radius 1 is 1.03 bits per heavy atom. The van der Waals surface area contributed by atoms with E-state index in [0.717, 1.165) is 62.1 Å². The number of rotatable bonds is 8. The van der Waals surface area contributed by atoms with Gasteiger partial charge < -0.3 is 15.0 Å². The maximum atomic E-state index is 5.75. The van der Waals surface area contributed by atoms with Crippen LogP contribution in [0.25, 0.3) is 11.4 Å². The molecule has 1 aromatic heterocycles. The van der Waals surface area contributed by atoms with Crippen molar-refractivity contribution in [2.45, 2.75) is 32.4 Å². The minimum absolute atomic E-state index is 0.264. The van der Waals surface area contributed by atoms with Gasteiger partial charge in [-0.2, -0.15) is 0 Å². The first-order valence-corrected chi connectivity index (χ1v) is 10.4. The average molecular weight is 389 g/mol. The molecule has 1 fully saturated rings. The van der Waals surface area contributed by atoms with Crippen molar-refractivity contribution in [3.8, 4) is 11.4 Å². The number of nitrogens with zero attached hydrogens (tertiary/aromatic N) is 3. The van der Waals surface area contributed by atoms with Crippen LogP contribution in [0.15, 0.2) is 66.7 Å². The van der Waals surface area contributed by atoms with Gasteiger partial charge in [-0.3, -0.25) is 0 Å². The fraction of sp³-hybridized carbons (Fsp3) is 0.333. The van der Waals surface area contributed by atoms with E-state index in [1.807, 2.05) is 30.3 Å². The van der Waals surface area contributed by atoms with Crippen molar-refractivity contribution in [2.24, 2.45) is 0 Å². The standard InChI is InChI=1S/C24H28N4O/c1-2-28(18-19-10-5-3-6-11-19)23-16-22(25-17-21-14-9-15-29-21)26-24(27-23)20-12-7-4-8-13-20/h3-8,10-13,16,21H,2,9,14-15,17-18H2,1H3,(H,25,26,27). The lowest BCUT2D eigenvalue weighted by Crippen LogP contribution is -2.24. The molecule has 1 aliphatic heterocycles. The van der Waals surface area contributed by atoms with Crippen LogP contribution in [0.1, 0.15) is 25.3 Å². The number of anilines is 2. The van der Waals surface area contributed by atoms with Crippen LogP contribution >= 0.6 is 0 Å². The molecule has 0 aliphatic carbocycles. The molecular weight excluding hydrogens is 360 g/mol. The van der Waals surface area contributed by atoms with Gasteiger partial charge in [0.05, 0.1) is 6.10 Å². The van der Waals surface area contributed by atoms with E-state index in [9.17, 15) is 0 Å². The second-order valence-electron chi connectivity index (χ2n) is 7.32. The third-order valence-corrected chi connectivity index (χ3v) is 5.20. The van der Waals surface area contributed by atoms with Crippen molar-refractivity contribution in [3.05, 3.63) is 72.3 Å². The van der Waals surface area contributed by atoms with Crippen LogP contribution in [-0.4, -0.2) is 35.8 Å². The molecule has 5 nitrogen and oxygen atoms in total. The summed E-state index contributed by atoms with van der Waals surface area (Å²) >= 11 is 0. The Morgan fingerprint density at radius 2 is 1.79 bits per heavy atom. The quantitative estimate of drug-likeness (QED) is 0.603. The zero-order valence-electron chi connectivity index (χ0n) is 16.9. The molecule has 1 saturated heterocycles. The largest absolute Gasteiger partial charge is 0.376 e. The maximum Gasteiger partial charge on any atom is 0.163 e. The lowest BCUT2D eigenvalue weighted by Gasteiger charge is -2.23. The highest BCUT2D eigenvalue weighted by atomic mass is 16.5. The molecule has 0 spiro atoms. The summed E-state index contributed by atoms with van der Waals surface area (Å²) in [6.45, 7) is 5.47. The fourth-order valence-electron chi connectivity index (χ4n) is 3.59. The summed E-state index contributed by atoms with van der Waals surface area (Å²) in [7, 11) is 0. The minimum Gasteiger partial charge on any atom is -0.376 e. The molecule has 0 bridgehead atoms. The number of hydrogen-bond donors (Lipinski definition) is 1. The van der Waals surface area contributed by atoms with Crippen molar-refractivity contribution in [2.75, 3.05) is 29.9 Å². The van der Waals surface area contributed by atoms with Gasteiger partial charge in [0.25, 0.3) is 0 Å². The van der Waals surface area contributed by atoms with Crippen molar-refractivity contribution in [3.63, 3.8) is 0 Å². The van der Waals surface area contributed by atoms with E-state index < -0.39 is 0 Å². The van der Waals surface area contributed by atoms with E-state index in [1.54, 1.807) is 0 Å².